The Morgan fingerprint density at radius 2 is 2.14 bits per heavy atom. The highest BCUT2D eigenvalue weighted by Gasteiger charge is 2.26. The van der Waals surface area contributed by atoms with Crippen molar-refractivity contribution in [2.24, 2.45) is 5.92 Å². The van der Waals surface area contributed by atoms with Gasteiger partial charge in [-0.05, 0) is 37.6 Å². The van der Waals surface area contributed by atoms with Crippen LogP contribution in [0.3, 0.4) is 0 Å². The minimum atomic E-state index is 0.0968. The third kappa shape index (κ3) is 4.71. The van der Waals surface area contributed by atoms with E-state index < -0.39 is 0 Å². The van der Waals surface area contributed by atoms with E-state index in [4.69, 9.17) is 9.47 Å². The molecule has 1 aliphatic heterocycles. The maximum atomic E-state index is 12.6. The number of ether oxygens (including phenoxy) is 2. The molecule has 1 saturated heterocycles. The average molecular weight is 306 g/mol. The first kappa shape index (κ1) is 16.8. The van der Waals surface area contributed by atoms with Crippen molar-refractivity contribution in [2.45, 2.75) is 19.9 Å². The molecule has 1 fully saturated rings. The van der Waals surface area contributed by atoms with Crippen LogP contribution in [0.15, 0.2) is 24.3 Å². The molecule has 1 heterocycles. The van der Waals surface area contributed by atoms with Crippen LogP contribution >= 0.6 is 0 Å². The fourth-order valence-corrected chi connectivity index (χ4v) is 2.67. The SMILES string of the molecule is CCOc1ccc(CN(CCOC)C(=O)C2CCNC2)cc1. The van der Waals surface area contributed by atoms with Gasteiger partial charge in [-0.3, -0.25) is 4.79 Å². The highest BCUT2D eigenvalue weighted by Crippen LogP contribution is 2.17. The summed E-state index contributed by atoms with van der Waals surface area (Å²) in [5.41, 5.74) is 1.11. The number of methoxy groups -OCH3 is 1. The van der Waals surface area contributed by atoms with Gasteiger partial charge < -0.3 is 19.7 Å². The topological polar surface area (TPSA) is 50.8 Å². The van der Waals surface area contributed by atoms with Gasteiger partial charge in [-0.2, -0.15) is 0 Å². The molecule has 0 bridgehead atoms. The lowest BCUT2D eigenvalue weighted by atomic mass is 10.1. The van der Waals surface area contributed by atoms with Crippen molar-refractivity contribution in [1.29, 1.82) is 0 Å². The Balaban J connectivity index is 1.99. The van der Waals surface area contributed by atoms with Gasteiger partial charge in [-0.1, -0.05) is 12.1 Å². The van der Waals surface area contributed by atoms with Gasteiger partial charge in [0.25, 0.3) is 0 Å². The van der Waals surface area contributed by atoms with Crippen molar-refractivity contribution < 1.29 is 14.3 Å². The van der Waals surface area contributed by atoms with E-state index in [2.05, 4.69) is 5.32 Å². The molecule has 5 heteroatoms. The van der Waals surface area contributed by atoms with Gasteiger partial charge >= 0.3 is 0 Å². The van der Waals surface area contributed by atoms with Crippen LogP contribution in [0.25, 0.3) is 0 Å². The molecule has 0 saturated carbocycles. The minimum Gasteiger partial charge on any atom is -0.494 e. The minimum absolute atomic E-state index is 0.0968. The monoisotopic (exact) mass is 306 g/mol. The van der Waals surface area contributed by atoms with E-state index >= 15 is 0 Å². The molecule has 1 atom stereocenters. The fraction of sp³-hybridized carbons (Fsp3) is 0.588. The van der Waals surface area contributed by atoms with Gasteiger partial charge in [0.1, 0.15) is 5.75 Å². The van der Waals surface area contributed by atoms with Crippen LogP contribution in [0.2, 0.25) is 0 Å². The fourth-order valence-electron chi connectivity index (χ4n) is 2.67. The van der Waals surface area contributed by atoms with Crippen LogP contribution in [-0.2, 0) is 16.1 Å². The number of carbonyl (C=O) groups is 1. The maximum Gasteiger partial charge on any atom is 0.227 e. The Hall–Kier alpha value is -1.59. The standard InChI is InChI=1S/C17H26N2O3/c1-3-22-16-6-4-14(5-7-16)13-19(10-11-21-2)17(20)15-8-9-18-12-15/h4-7,15,18H,3,8-13H2,1-2H3. The number of rotatable bonds is 8. The number of benzene rings is 1. The summed E-state index contributed by atoms with van der Waals surface area (Å²) in [6.07, 6.45) is 0.922. The predicted octanol–water partition coefficient (Wildman–Crippen LogP) is 1.67. The quantitative estimate of drug-likeness (QED) is 0.794. The second-order valence-electron chi connectivity index (χ2n) is 5.52. The Labute approximate surface area is 132 Å². The third-order valence-electron chi connectivity index (χ3n) is 3.89. The van der Waals surface area contributed by atoms with Gasteiger partial charge in [0.15, 0.2) is 0 Å². The summed E-state index contributed by atoms with van der Waals surface area (Å²) >= 11 is 0. The first-order chi connectivity index (χ1) is 10.7. The lowest BCUT2D eigenvalue weighted by molar-refractivity contribution is -0.136. The lowest BCUT2D eigenvalue weighted by Gasteiger charge is -2.25. The van der Waals surface area contributed by atoms with Gasteiger partial charge in [-0.25, -0.2) is 0 Å². The number of carbonyl (C=O) groups excluding carboxylic acids is 1. The molecule has 0 aliphatic carbocycles. The lowest BCUT2D eigenvalue weighted by Crippen LogP contribution is -2.38. The largest absolute Gasteiger partial charge is 0.494 e. The summed E-state index contributed by atoms with van der Waals surface area (Å²) in [5.74, 6) is 1.18. The van der Waals surface area contributed by atoms with Crippen molar-refractivity contribution in [3.8, 4) is 5.75 Å². The van der Waals surface area contributed by atoms with Gasteiger partial charge in [0.2, 0.25) is 5.91 Å². The first-order valence-electron chi connectivity index (χ1n) is 7.94. The molecule has 122 valence electrons. The van der Waals surface area contributed by atoms with Crippen molar-refractivity contribution in [3.05, 3.63) is 29.8 Å². The van der Waals surface area contributed by atoms with Gasteiger partial charge in [-0.15, -0.1) is 0 Å². The number of hydrogen-bond acceptors (Lipinski definition) is 4. The molecule has 1 unspecified atom stereocenters. The van der Waals surface area contributed by atoms with Crippen molar-refractivity contribution in [1.82, 2.24) is 10.2 Å². The molecule has 1 aromatic carbocycles. The average Bonchev–Trinajstić information content (AvgIpc) is 3.07. The van der Waals surface area contributed by atoms with E-state index in [1.807, 2.05) is 36.1 Å². The molecular weight excluding hydrogens is 280 g/mol. The molecule has 0 aromatic heterocycles. The third-order valence-corrected chi connectivity index (χ3v) is 3.89. The molecule has 1 N–H and O–H groups in total. The molecule has 1 aliphatic rings. The predicted molar refractivity (Wildman–Crippen MR) is 85.9 cm³/mol. The van der Waals surface area contributed by atoms with Crippen LogP contribution in [0.5, 0.6) is 5.75 Å². The molecule has 1 amide bonds. The number of hydrogen-bond donors (Lipinski definition) is 1. The van der Waals surface area contributed by atoms with E-state index in [0.717, 1.165) is 30.8 Å². The second-order valence-corrected chi connectivity index (χ2v) is 5.52. The second kappa shape index (κ2) is 8.76. The van der Waals surface area contributed by atoms with E-state index in [-0.39, 0.29) is 11.8 Å². The Bertz CT molecular complexity index is 455. The zero-order valence-corrected chi connectivity index (χ0v) is 13.5. The van der Waals surface area contributed by atoms with Crippen molar-refractivity contribution in [2.75, 3.05) is 40.0 Å². The summed E-state index contributed by atoms with van der Waals surface area (Å²) < 4.78 is 10.6. The van der Waals surface area contributed by atoms with Crippen LogP contribution in [0.4, 0.5) is 0 Å². The van der Waals surface area contributed by atoms with E-state index in [9.17, 15) is 4.79 Å². The maximum absolute atomic E-state index is 12.6. The number of amides is 1. The van der Waals surface area contributed by atoms with Crippen molar-refractivity contribution in [3.63, 3.8) is 0 Å². The Morgan fingerprint density at radius 3 is 2.73 bits per heavy atom. The number of nitrogens with one attached hydrogen (secondary N) is 1. The Kier molecular flexibility index (Phi) is 6.68. The zero-order valence-electron chi connectivity index (χ0n) is 13.5. The van der Waals surface area contributed by atoms with Crippen molar-refractivity contribution >= 4 is 5.91 Å². The molecule has 22 heavy (non-hydrogen) atoms. The van der Waals surface area contributed by atoms with E-state index in [1.54, 1.807) is 7.11 Å². The molecule has 5 nitrogen and oxygen atoms in total. The molecule has 0 radical (unpaired) electrons. The number of nitrogens with zero attached hydrogens (tertiary/aromatic N) is 1. The van der Waals surface area contributed by atoms with Gasteiger partial charge in [0, 0.05) is 26.7 Å². The van der Waals surface area contributed by atoms with Crippen LogP contribution in [0.1, 0.15) is 18.9 Å². The zero-order chi connectivity index (χ0) is 15.8. The summed E-state index contributed by atoms with van der Waals surface area (Å²) in [5, 5.41) is 3.25. The molecule has 0 spiro atoms. The van der Waals surface area contributed by atoms with Crippen LogP contribution in [0, 0.1) is 5.92 Å². The highest BCUT2D eigenvalue weighted by atomic mass is 16.5. The highest BCUT2D eigenvalue weighted by molar-refractivity contribution is 5.79. The van der Waals surface area contributed by atoms with Crippen LogP contribution in [-0.4, -0.2) is 50.8 Å². The van der Waals surface area contributed by atoms with Crippen LogP contribution < -0.4 is 10.1 Å². The first-order valence-corrected chi connectivity index (χ1v) is 7.94. The molecular formula is C17H26N2O3. The molecule has 1 aromatic rings. The van der Waals surface area contributed by atoms with E-state index in [1.165, 1.54) is 0 Å². The van der Waals surface area contributed by atoms with Gasteiger partial charge in [0.05, 0.1) is 19.1 Å². The normalized spacial score (nSPS) is 17.5. The van der Waals surface area contributed by atoms with E-state index in [0.29, 0.717) is 26.3 Å². The summed E-state index contributed by atoms with van der Waals surface area (Å²) in [6, 6.07) is 7.94. The molecule has 2 rings (SSSR count). The smallest absolute Gasteiger partial charge is 0.227 e. The summed E-state index contributed by atoms with van der Waals surface area (Å²) in [7, 11) is 1.66. The Morgan fingerprint density at radius 1 is 1.36 bits per heavy atom. The summed E-state index contributed by atoms with van der Waals surface area (Å²) in [4.78, 5) is 14.5. The summed E-state index contributed by atoms with van der Waals surface area (Å²) in [6.45, 7) is 6.14.